The highest BCUT2D eigenvalue weighted by Crippen LogP contribution is 2.34. The van der Waals surface area contributed by atoms with Crippen LogP contribution in [0.25, 0.3) is 22.3 Å². The first-order chi connectivity index (χ1) is 18.9. The van der Waals surface area contributed by atoms with Crippen LogP contribution in [0.15, 0.2) is 66.7 Å². The summed E-state index contributed by atoms with van der Waals surface area (Å²) in [5.41, 5.74) is 6.07. The third-order valence-corrected chi connectivity index (χ3v) is 6.80. The molecule has 1 heterocycles. The van der Waals surface area contributed by atoms with Crippen molar-refractivity contribution in [3.63, 3.8) is 0 Å². The van der Waals surface area contributed by atoms with Crippen LogP contribution in [-0.4, -0.2) is 54.5 Å². The lowest BCUT2D eigenvalue weighted by atomic mass is 9.92. The Balaban J connectivity index is 1.50. The highest BCUT2D eigenvalue weighted by molar-refractivity contribution is 5.84. The lowest BCUT2D eigenvalue weighted by Crippen LogP contribution is -2.37. The minimum absolute atomic E-state index is 0.0888. The number of carbonyl (C=O) groups is 1. The summed E-state index contributed by atoms with van der Waals surface area (Å²) in [6.07, 6.45) is 1.92. The second kappa shape index (κ2) is 13.8. The van der Waals surface area contributed by atoms with Crippen LogP contribution in [0.5, 0.6) is 5.75 Å². The van der Waals surface area contributed by atoms with Gasteiger partial charge in [-0.15, -0.1) is 0 Å². The van der Waals surface area contributed by atoms with Crippen molar-refractivity contribution in [1.29, 1.82) is 5.26 Å². The van der Waals surface area contributed by atoms with E-state index in [4.69, 9.17) is 9.47 Å². The number of nitriles is 1. The predicted molar refractivity (Wildman–Crippen MR) is 152 cm³/mol. The summed E-state index contributed by atoms with van der Waals surface area (Å²) >= 11 is 0. The molecule has 0 bridgehead atoms. The van der Waals surface area contributed by atoms with Crippen LogP contribution >= 0.6 is 0 Å². The fraction of sp³-hybridized carbons (Fsp3) is 0.375. The van der Waals surface area contributed by atoms with Gasteiger partial charge in [0.05, 0.1) is 24.3 Å². The SMILES string of the molecule is CCCCOC(=O)N[C@H]1CCN(Cc2ccc(-c3ccc(OCC(C)O)cc3)c(-c3ccc(C#N)cc3)c2)C1. The number of nitrogens with one attached hydrogen (secondary N) is 1. The Kier molecular flexibility index (Phi) is 9.96. The number of hydrogen-bond donors (Lipinski definition) is 2. The second-order valence-corrected chi connectivity index (χ2v) is 10.1. The maximum Gasteiger partial charge on any atom is 0.407 e. The van der Waals surface area contributed by atoms with Gasteiger partial charge in [0, 0.05) is 25.7 Å². The minimum Gasteiger partial charge on any atom is -0.491 e. The number of benzene rings is 3. The van der Waals surface area contributed by atoms with Crippen LogP contribution in [0.2, 0.25) is 0 Å². The van der Waals surface area contributed by atoms with E-state index in [9.17, 15) is 15.2 Å². The molecule has 0 aliphatic carbocycles. The van der Waals surface area contributed by atoms with Crippen LogP contribution in [0.3, 0.4) is 0 Å². The molecule has 1 amide bonds. The van der Waals surface area contributed by atoms with E-state index in [0.717, 1.165) is 61.2 Å². The third kappa shape index (κ3) is 8.06. The molecule has 0 radical (unpaired) electrons. The van der Waals surface area contributed by atoms with Crippen molar-refractivity contribution < 1.29 is 19.4 Å². The molecule has 2 N–H and O–H groups in total. The van der Waals surface area contributed by atoms with E-state index in [-0.39, 0.29) is 18.7 Å². The molecule has 0 aromatic heterocycles. The Hall–Kier alpha value is -3.86. The number of likely N-dealkylation sites (tertiary alicyclic amines) is 1. The summed E-state index contributed by atoms with van der Waals surface area (Å²) in [5.74, 6) is 0.711. The Morgan fingerprint density at radius 2 is 1.82 bits per heavy atom. The summed E-state index contributed by atoms with van der Waals surface area (Å²) in [5, 5.41) is 21.7. The zero-order chi connectivity index (χ0) is 27.6. The normalized spacial score (nSPS) is 15.9. The highest BCUT2D eigenvalue weighted by Gasteiger charge is 2.24. The maximum atomic E-state index is 12.1. The second-order valence-electron chi connectivity index (χ2n) is 10.1. The molecule has 1 unspecified atom stereocenters. The summed E-state index contributed by atoms with van der Waals surface area (Å²) < 4.78 is 10.9. The monoisotopic (exact) mass is 527 g/mol. The van der Waals surface area contributed by atoms with Crippen LogP contribution < -0.4 is 10.1 Å². The van der Waals surface area contributed by atoms with Gasteiger partial charge in [0.1, 0.15) is 12.4 Å². The van der Waals surface area contributed by atoms with Crippen molar-refractivity contribution in [2.24, 2.45) is 0 Å². The van der Waals surface area contributed by atoms with Crippen LogP contribution in [0, 0.1) is 11.3 Å². The molecule has 204 valence electrons. The maximum absolute atomic E-state index is 12.1. The Bertz CT molecular complexity index is 1270. The molecule has 39 heavy (non-hydrogen) atoms. The van der Waals surface area contributed by atoms with Gasteiger partial charge in [-0.05, 0) is 77.9 Å². The number of unbranched alkanes of at least 4 members (excludes halogenated alkanes) is 1. The summed E-state index contributed by atoms with van der Waals surface area (Å²) in [6, 6.07) is 24.3. The number of ether oxygens (including phenoxy) is 2. The summed E-state index contributed by atoms with van der Waals surface area (Å²) in [4.78, 5) is 14.4. The van der Waals surface area contributed by atoms with E-state index in [1.54, 1.807) is 6.92 Å². The molecule has 3 aromatic rings. The highest BCUT2D eigenvalue weighted by atomic mass is 16.5. The van der Waals surface area contributed by atoms with E-state index >= 15 is 0 Å². The first-order valence-electron chi connectivity index (χ1n) is 13.7. The number of rotatable bonds is 11. The minimum atomic E-state index is -0.526. The molecule has 1 saturated heterocycles. The lowest BCUT2D eigenvalue weighted by molar-refractivity contribution is 0.123. The molecule has 4 rings (SSSR count). The molecule has 0 saturated carbocycles. The average molecular weight is 528 g/mol. The number of hydrogen-bond acceptors (Lipinski definition) is 6. The third-order valence-electron chi connectivity index (χ3n) is 6.80. The fourth-order valence-corrected chi connectivity index (χ4v) is 4.72. The average Bonchev–Trinajstić information content (AvgIpc) is 3.38. The molecule has 1 fully saturated rings. The zero-order valence-electron chi connectivity index (χ0n) is 22.7. The van der Waals surface area contributed by atoms with Crippen LogP contribution in [0.1, 0.15) is 44.2 Å². The van der Waals surface area contributed by atoms with E-state index in [0.29, 0.717) is 17.9 Å². The largest absolute Gasteiger partial charge is 0.491 e. The molecule has 3 aromatic carbocycles. The quantitative estimate of drug-likeness (QED) is 0.308. The molecule has 7 heteroatoms. The van der Waals surface area contributed by atoms with E-state index in [2.05, 4.69) is 41.4 Å². The first kappa shape index (κ1) is 28.2. The van der Waals surface area contributed by atoms with Crippen molar-refractivity contribution in [3.8, 4) is 34.1 Å². The molecular formula is C32H37N3O4. The molecule has 7 nitrogen and oxygen atoms in total. The number of carbonyl (C=O) groups excluding carboxylic acids is 1. The van der Waals surface area contributed by atoms with Gasteiger partial charge < -0.3 is 19.9 Å². The topological polar surface area (TPSA) is 94.8 Å². The summed E-state index contributed by atoms with van der Waals surface area (Å²) in [7, 11) is 0. The Morgan fingerprint density at radius 1 is 1.10 bits per heavy atom. The van der Waals surface area contributed by atoms with Gasteiger partial charge in [-0.3, -0.25) is 4.90 Å². The number of aliphatic hydroxyl groups excluding tert-OH is 1. The first-order valence-corrected chi connectivity index (χ1v) is 13.7. The molecule has 1 aliphatic rings. The van der Waals surface area contributed by atoms with Crippen LogP contribution in [-0.2, 0) is 11.3 Å². The fourth-order valence-electron chi connectivity index (χ4n) is 4.72. The number of alkyl carbamates (subject to hydrolysis) is 1. The van der Waals surface area contributed by atoms with Gasteiger partial charge in [0.2, 0.25) is 0 Å². The lowest BCUT2D eigenvalue weighted by Gasteiger charge is -2.19. The summed E-state index contributed by atoms with van der Waals surface area (Å²) in [6.45, 7) is 6.94. The van der Waals surface area contributed by atoms with E-state index in [1.807, 2.05) is 48.5 Å². The molecular weight excluding hydrogens is 490 g/mol. The number of amides is 1. The van der Waals surface area contributed by atoms with Gasteiger partial charge in [-0.1, -0.05) is 49.7 Å². The number of nitrogens with zero attached hydrogens (tertiary/aromatic N) is 2. The van der Waals surface area contributed by atoms with Crippen molar-refractivity contribution in [2.75, 3.05) is 26.3 Å². The van der Waals surface area contributed by atoms with Gasteiger partial charge in [0.15, 0.2) is 0 Å². The van der Waals surface area contributed by atoms with Gasteiger partial charge in [-0.2, -0.15) is 5.26 Å². The van der Waals surface area contributed by atoms with Crippen molar-refractivity contribution in [1.82, 2.24) is 10.2 Å². The van der Waals surface area contributed by atoms with E-state index in [1.165, 1.54) is 5.56 Å². The molecule has 2 atom stereocenters. The molecule has 1 aliphatic heterocycles. The molecule has 0 spiro atoms. The smallest absolute Gasteiger partial charge is 0.407 e. The van der Waals surface area contributed by atoms with Crippen LogP contribution in [0.4, 0.5) is 4.79 Å². The van der Waals surface area contributed by atoms with Crippen molar-refractivity contribution in [3.05, 3.63) is 77.9 Å². The van der Waals surface area contributed by atoms with Crippen molar-refractivity contribution >= 4 is 6.09 Å². The van der Waals surface area contributed by atoms with E-state index < -0.39 is 6.10 Å². The standard InChI is InChI=1S/C32H37N3O4/c1-3-4-17-38-32(37)34-28-15-16-35(21-28)20-25-7-14-30(26-10-12-29(13-11-26)39-22-23(2)36)31(18-25)27-8-5-24(19-33)6-9-27/h5-14,18,23,28,36H,3-4,15-17,20-22H2,1-2H3,(H,34,37)/t23?,28-/m0/s1. The Labute approximate surface area is 231 Å². The van der Waals surface area contributed by atoms with Gasteiger partial charge in [-0.25, -0.2) is 4.79 Å². The predicted octanol–water partition coefficient (Wildman–Crippen LogP) is 5.75. The van der Waals surface area contributed by atoms with Gasteiger partial charge >= 0.3 is 6.09 Å². The number of aliphatic hydroxyl groups is 1. The zero-order valence-corrected chi connectivity index (χ0v) is 22.7. The van der Waals surface area contributed by atoms with Crippen molar-refractivity contribution in [2.45, 2.75) is 51.8 Å². The van der Waals surface area contributed by atoms with Gasteiger partial charge in [0.25, 0.3) is 0 Å². The Morgan fingerprint density at radius 3 is 2.51 bits per heavy atom.